The molecule has 1 heterocycles. The summed E-state index contributed by atoms with van der Waals surface area (Å²) in [5, 5.41) is 14.8. The highest BCUT2D eigenvalue weighted by Gasteiger charge is 2.21. The molecule has 3 nitrogen and oxygen atoms in total. The molecule has 5 heteroatoms. The van der Waals surface area contributed by atoms with Crippen LogP contribution in [0.3, 0.4) is 0 Å². The van der Waals surface area contributed by atoms with Crippen molar-refractivity contribution in [3.05, 3.63) is 57.2 Å². The number of rotatable bonds is 6. The maximum absolute atomic E-state index is 11.3. The van der Waals surface area contributed by atoms with Crippen molar-refractivity contribution in [1.29, 1.82) is 0 Å². The van der Waals surface area contributed by atoms with E-state index in [-0.39, 0.29) is 0 Å². The van der Waals surface area contributed by atoms with Crippen molar-refractivity contribution in [2.45, 2.75) is 12.5 Å². The fraction of sp³-hybridized carbons (Fsp3) is 0.214. The predicted octanol–water partition coefficient (Wildman–Crippen LogP) is 3.36. The van der Waals surface area contributed by atoms with Gasteiger partial charge < -0.3 is 10.4 Å². The molecule has 1 atom stereocenters. The fourth-order valence-electron chi connectivity index (χ4n) is 1.83. The highest BCUT2D eigenvalue weighted by Crippen LogP contribution is 2.23. The van der Waals surface area contributed by atoms with Gasteiger partial charge in [-0.3, -0.25) is 4.79 Å². The first-order valence-electron chi connectivity index (χ1n) is 5.91. The fourth-order valence-corrected chi connectivity index (χ4v) is 2.79. The molecule has 0 amide bonds. The number of benzene rings is 1. The molecule has 0 radical (unpaired) electrons. The van der Waals surface area contributed by atoms with Crippen LogP contribution in [0.1, 0.15) is 16.5 Å². The van der Waals surface area contributed by atoms with Gasteiger partial charge >= 0.3 is 5.97 Å². The Kier molecular flexibility index (Phi) is 4.96. The van der Waals surface area contributed by atoms with Crippen LogP contribution in [0.15, 0.2) is 41.8 Å². The van der Waals surface area contributed by atoms with Crippen molar-refractivity contribution < 1.29 is 9.90 Å². The van der Waals surface area contributed by atoms with Gasteiger partial charge in [0.1, 0.15) is 6.04 Å². The summed E-state index contributed by atoms with van der Waals surface area (Å²) in [6.07, 6.45) is 0.811. The zero-order chi connectivity index (χ0) is 13.7. The van der Waals surface area contributed by atoms with E-state index in [9.17, 15) is 9.90 Å². The van der Waals surface area contributed by atoms with Crippen LogP contribution >= 0.6 is 22.9 Å². The molecule has 1 aromatic heterocycles. The Morgan fingerprint density at radius 1 is 1.32 bits per heavy atom. The van der Waals surface area contributed by atoms with Crippen molar-refractivity contribution in [3.8, 4) is 0 Å². The topological polar surface area (TPSA) is 49.3 Å². The smallest absolute Gasteiger partial charge is 0.325 e. The van der Waals surface area contributed by atoms with E-state index in [4.69, 9.17) is 11.6 Å². The average Bonchev–Trinajstić information content (AvgIpc) is 2.89. The van der Waals surface area contributed by atoms with Crippen LogP contribution < -0.4 is 5.32 Å². The van der Waals surface area contributed by atoms with Crippen molar-refractivity contribution in [2.24, 2.45) is 0 Å². The number of carboxylic acid groups (broad SMARTS) is 1. The summed E-state index contributed by atoms with van der Waals surface area (Å²) < 4.78 is 0. The van der Waals surface area contributed by atoms with Gasteiger partial charge in [-0.25, -0.2) is 0 Å². The first-order chi connectivity index (χ1) is 9.18. The lowest BCUT2D eigenvalue weighted by Gasteiger charge is -2.15. The van der Waals surface area contributed by atoms with Gasteiger partial charge in [0.2, 0.25) is 0 Å². The molecule has 0 spiro atoms. The van der Waals surface area contributed by atoms with Crippen LogP contribution in [-0.2, 0) is 11.2 Å². The molecule has 1 aromatic carbocycles. The lowest BCUT2D eigenvalue weighted by molar-refractivity contribution is -0.139. The van der Waals surface area contributed by atoms with E-state index in [2.05, 4.69) is 5.32 Å². The van der Waals surface area contributed by atoms with E-state index in [0.29, 0.717) is 17.1 Å². The van der Waals surface area contributed by atoms with Gasteiger partial charge in [0.05, 0.1) is 0 Å². The van der Waals surface area contributed by atoms with Gasteiger partial charge in [0.25, 0.3) is 0 Å². The van der Waals surface area contributed by atoms with E-state index in [1.165, 1.54) is 4.88 Å². The number of aliphatic carboxylic acids is 1. The van der Waals surface area contributed by atoms with Crippen LogP contribution in [0.5, 0.6) is 0 Å². The highest BCUT2D eigenvalue weighted by atomic mass is 35.5. The first kappa shape index (κ1) is 14.1. The maximum atomic E-state index is 11.3. The molecule has 2 N–H and O–H groups in total. The van der Waals surface area contributed by atoms with E-state index in [1.807, 2.05) is 17.5 Å². The summed E-state index contributed by atoms with van der Waals surface area (Å²) in [5.41, 5.74) is 0.600. The van der Waals surface area contributed by atoms with E-state index in [0.717, 1.165) is 6.42 Å². The molecular formula is C14H14ClNO2S. The first-order valence-corrected chi connectivity index (χ1v) is 7.17. The largest absolute Gasteiger partial charge is 0.480 e. The van der Waals surface area contributed by atoms with Gasteiger partial charge in [-0.05, 0) is 29.5 Å². The van der Waals surface area contributed by atoms with Gasteiger partial charge in [-0.1, -0.05) is 35.9 Å². The van der Waals surface area contributed by atoms with Crippen molar-refractivity contribution in [1.82, 2.24) is 5.32 Å². The van der Waals surface area contributed by atoms with Gasteiger partial charge in [0, 0.05) is 16.4 Å². The molecule has 0 fully saturated rings. The number of nitrogens with one attached hydrogen (secondary N) is 1. The Bertz CT molecular complexity index is 542. The third-order valence-electron chi connectivity index (χ3n) is 2.76. The number of thiophene rings is 1. The van der Waals surface area contributed by atoms with E-state index < -0.39 is 12.0 Å². The molecule has 0 saturated carbocycles. The Morgan fingerprint density at radius 2 is 2.11 bits per heavy atom. The van der Waals surface area contributed by atoms with Crippen molar-refractivity contribution in [3.63, 3.8) is 0 Å². The Labute approximate surface area is 120 Å². The summed E-state index contributed by atoms with van der Waals surface area (Å²) >= 11 is 7.71. The summed E-state index contributed by atoms with van der Waals surface area (Å²) in [4.78, 5) is 12.6. The minimum absolute atomic E-state index is 0.471. The van der Waals surface area contributed by atoms with Crippen LogP contribution in [0.2, 0.25) is 5.02 Å². The molecule has 0 aliphatic rings. The number of halogens is 1. The van der Waals surface area contributed by atoms with Gasteiger partial charge in [0.15, 0.2) is 0 Å². The second kappa shape index (κ2) is 6.70. The average molecular weight is 296 g/mol. The quantitative estimate of drug-likeness (QED) is 0.859. The number of carboxylic acids is 1. The van der Waals surface area contributed by atoms with Crippen LogP contribution in [0.4, 0.5) is 0 Å². The van der Waals surface area contributed by atoms with E-state index >= 15 is 0 Å². The molecule has 0 saturated heterocycles. The molecule has 19 heavy (non-hydrogen) atoms. The molecule has 0 bridgehead atoms. The molecule has 0 aliphatic carbocycles. The van der Waals surface area contributed by atoms with Crippen LogP contribution in [-0.4, -0.2) is 17.6 Å². The highest BCUT2D eigenvalue weighted by molar-refractivity contribution is 7.09. The van der Waals surface area contributed by atoms with Crippen molar-refractivity contribution >= 4 is 28.9 Å². The Hall–Kier alpha value is -1.36. The van der Waals surface area contributed by atoms with Gasteiger partial charge in [-0.15, -0.1) is 11.3 Å². The lowest BCUT2D eigenvalue weighted by atomic mass is 10.1. The minimum Gasteiger partial charge on any atom is -0.480 e. The molecule has 2 rings (SSSR count). The third kappa shape index (κ3) is 3.80. The molecule has 100 valence electrons. The molecule has 2 aromatic rings. The zero-order valence-corrected chi connectivity index (χ0v) is 11.7. The van der Waals surface area contributed by atoms with Crippen LogP contribution in [0.25, 0.3) is 0 Å². The SMILES string of the molecule is O=C(O)[C@H](NCCc1cccs1)c1ccccc1Cl. The minimum atomic E-state index is -0.917. The third-order valence-corrected chi connectivity index (χ3v) is 4.04. The Morgan fingerprint density at radius 3 is 2.74 bits per heavy atom. The molecular weight excluding hydrogens is 282 g/mol. The maximum Gasteiger partial charge on any atom is 0.325 e. The summed E-state index contributed by atoms with van der Waals surface area (Å²) in [5.74, 6) is -0.917. The zero-order valence-electron chi connectivity index (χ0n) is 10.2. The number of hydrogen-bond acceptors (Lipinski definition) is 3. The second-order valence-corrected chi connectivity index (χ2v) is 5.52. The molecule has 0 aliphatic heterocycles. The van der Waals surface area contributed by atoms with Gasteiger partial charge in [-0.2, -0.15) is 0 Å². The summed E-state index contributed by atoms with van der Waals surface area (Å²) in [6, 6.07) is 10.3. The lowest BCUT2D eigenvalue weighted by Crippen LogP contribution is -2.30. The Balaban J connectivity index is 2.01. The standard InChI is InChI=1S/C14H14ClNO2S/c15-12-6-2-1-5-11(12)13(14(17)18)16-8-7-10-4-3-9-19-10/h1-6,9,13,16H,7-8H2,(H,17,18)/t13-/m1/s1. The molecule has 0 unspecified atom stereocenters. The predicted molar refractivity (Wildman–Crippen MR) is 77.9 cm³/mol. The second-order valence-electron chi connectivity index (χ2n) is 4.08. The normalized spacial score (nSPS) is 12.3. The van der Waals surface area contributed by atoms with Crippen molar-refractivity contribution in [2.75, 3.05) is 6.54 Å². The van der Waals surface area contributed by atoms with E-state index in [1.54, 1.807) is 35.6 Å². The monoisotopic (exact) mass is 295 g/mol. The van der Waals surface area contributed by atoms with Crippen LogP contribution in [0, 0.1) is 0 Å². The summed E-state index contributed by atoms with van der Waals surface area (Å²) in [6.45, 7) is 0.600. The number of carbonyl (C=O) groups is 1. The summed E-state index contributed by atoms with van der Waals surface area (Å²) in [7, 11) is 0. The number of hydrogen-bond donors (Lipinski definition) is 2.